The van der Waals surface area contributed by atoms with Gasteiger partial charge in [0.05, 0.1) is 6.61 Å². The molecule has 2 N–H and O–H groups in total. The summed E-state index contributed by atoms with van der Waals surface area (Å²) in [5.74, 6) is 1.32. The van der Waals surface area contributed by atoms with Gasteiger partial charge in [-0.15, -0.1) is 0 Å². The van der Waals surface area contributed by atoms with Gasteiger partial charge in [-0.05, 0) is 29.9 Å². The van der Waals surface area contributed by atoms with E-state index in [0.717, 1.165) is 12.2 Å². The third-order valence-corrected chi connectivity index (χ3v) is 2.49. The van der Waals surface area contributed by atoms with Crippen molar-refractivity contribution in [3.8, 4) is 5.75 Å². The largest absolute Gasteiger partial charge is 0.493 e. The van der Waals surface area contributed by atoms with Gasteiger partial charge >= 0.3 is 7.12 Å². The minimum atomic E-state index is -1.41. The minimum absolute atomic E-state index is 0.481. The molecule has 4 heteroatoms. The molecule has 88 valence electrons. The van der Waals surface area contributed by atoms with Gasteiger partial charge < -0.3 is 14.8 Å². The quantitative estimate of drug-likeness (QED) is 0.710. The van der Waals surface area contributed by atoms with Crippen molar-refractivity contribution in [3.63, 3.8) is 0 Å². The SMILES string of the molecule is CCCC(C)COc1ccc(B(O)O)cc1. The maximum Gasteiger partial charge on any atom is 0.488 e. The second-order valence-electron chi connectivity index (χ2n) is 4.15. The van der Waals surface area contributed by atoms with Crippen molar-refractivity contribution in [2.45, 2.75) is 26.7 Å². The summed E-state index contributed by atoms with van der Waals surface area (Å²) in [7, 11) is -1.41. The Morgan fingerprint density at radius 2 is 1.88 bits per heavy atom. The first-order valence-electron chi connectivity index (χ1n) is 5.72. The Kier molecular flexibility index (Phi) is 5.36. The molecule has 0 aliphatic rings. The summed E-state index contributed by atoms with van der Waals surface area (Å²) >= 11 is 0. The van der Waals surface area contributed by atoms with Gasteiger partial charge in [0.2, 0.25) is 0 Å². The topological polar surface area (TPSA) is 49.7 Å². The van der Waals surface area contributed by atoms with Crippen LogP contribution in [0.2, 0.25) is 0 Å². The second kappa shape index (κ2) is 6.56. The Bertz CT molecular complexity index is 298. The van der Waals surface area contributed by atoms with Crippen LogP contribution in [0, 0.1) is 5.92 Å². The monoisotopic (exact) mass is 222 g/mol. The first kappa shape index (κ1) is 13.1. The molecule has 16 heavy (non-hydrogen) atoms. The molecule has 1 rings (SSSR count). The average Bonchev–Trinajstić information content (AvgIpc) is 2.27. The van der Waals surface area contributed by atoms with Crippen LogP contribution in [-0.4, -0.2) is 23.8 Å². The van der Waals surface area contributed by atoms with Crippen molar-refractivity contribution in [1.82, 2.24) is 0 Å². The Morgan fingerprint density at radius 3 is 2.38 bits per heavy atom. The summed E-state index contributed by atoms with van der Waals surface area (Å²) in [4.78, 5) is 0. The summed E-state index contributed by atoms with van der Waals surface area (Å²) in [6.45, 7) is 5.03. The highest BCUT2D eigenvalue weighted by atomic mass is 16.5. The van der Waals surface area contributed by atoms with Gasteiger partial charge in [-0.3, -0.25) is 0 Å². The van der Waals surface area contributed by atoms with Crippen molar-refractivity contribution >= 4 is 12.6 Å². The van der Waals surface area contributed by atoms with E-state index in [-0.39, 0.29) is 0 Å². The predicted molar refractivity (Wildman–Crippen MR) is 65.8 cm³/mol. The molecule has 0 radical (unpaired) electrons. The van der Waals surface area contributed by atoms with E-state index < -0.39 is 7.12 Å². The van der Waals surface area contributed by atoms with E-state index in [4.69, 9.17) is 14.8 Å². The lowest BCUT2D eigenvalue weighted by molar-refractivity contribution is 0.251. The summed E-state index contributed by atoms with van der Waals surface area (Å²) in [5, 5.41) is 17.8. The average molecular weight is 222 g/mol. The zero-order valence-electron chi connectivity index (χ0n) is 9.89. The molecular formula is C12H19BO3. The molecule has 0 aliphatic heterocycles. The van der Waals surface area contributed by atoms with E-state index in [2.05, 4.69) is 13.8 Å². The van der Waals surface area contributed by atoms with Gasteiger partial charge in [0.1, 0.15) is 5.75 Å². The molecular weight excluding hydrogens is 203 g/mol. The molecule has 0 saturated heterocycles. The van der Waals surface area contributed by atoms with Crippen LogP contribution in [0.3, 0.4) is 0 Å². The Hall–Kier alpha value is -0.995. The fourth-order valence-corrected chi connectivity index (χ4v) is 1.55. The summed E-state index contributed by atoms with van der Waals surface area (Å²) in [6, 6.07) is 6.83. The van der Waals surface area contributed by atoms with Crippen molar-refractivity contribution in [3.05, 3.63) is 24.3 Å². The van der Waals surface area contributed by atoms with Gasteiger partial charge in [0, 0.05) is 0 Å². The Balaban J connectivity index is 2.43. The van der Waals surface area contributed by atoms with E-state index in [9.17, 15) is 0 Å². The number of hydrogen-bond donors (Lipinski definition) is 2. The lowest BCUT2D eigenvalue weighted by atomic mass is 9.80. The van der Waals surface area contributed by atoms with Crippen LogP contribution in [0.1, 0.15) is 26.7 Å². The van der Waals surface area contributed by atoms with E-state index in [0.29, 0.717) is 18.0 Å². The maximum atomic E-state index is 8.92. The molecule has 0 amide bonds. The van der Waals surface area contributed by atoms with Crippen LogP contribution in [0.5, 0.6) is 5.75 Å². The molecule has 1 aromatic rings. The lowest BCUT2D eigenvalue weighted by Gasteiger charge is -2.12. The highest BCUT2D eigenvalue weighted by molar-refractivity contribution is 6.58. The van der Waals surface area contributed by atoms with Crippen LogP contribution in [0.4, 0.5) is 0 Å². The zero-order chi connectivity index (χ0) is 12.0. The predicted octanol–water partition coefficient (Wildman–Crippen LogP) is 1.18. The fourth-order valence-electron chi connectivity index (χ4n) is 1.55. The van der Waals surface area contributed by atoms with Gasteiger partial charge in [0.25, 0.3) is 0 Å². The summed E-state index contributed by atoms with van der Waals surface area (Å²) < 4.78 is 5.59. The van der Waals surface area contributed by atoms with Crippen LogP contribution in [0.25, 0.3) is 0 Å². The van der Waals surface area contributed by atoms with E-state index >= 15 is 0 Å². The van der Waals surface area contributed by atoms with Crippen LogP contribution >= 0.6 is 0 Å². The number of benzene rings is 1. The first-order chi connectivity index (χ1) is 7.63. The molecule has 1 aromatic carbocycles. The smallest absolute Gasteiger partial charge is 0.488 e. The standard InChI is InChI=1S/C12H19BO3/c1-3-4-10(2)9-16-12-7-5-11(6-8-12)13(14)15/h5-8,10,14-15H,3-4,9H2,1-2H3. The van der Waals surface area contributed by atoms with Gasteiger partial charge in [0.15, 0.2) is 0 Å². The summed E-state index contributed by atoms with van der Waals surface area (Å²) in [6.07, 6.45) is 2.33. The van der Waals surface area contributed by atoms with Gasteiger partial charge in [-0.2, -0.15) is 0 Å². The normalized spacial score (nSPS) is 12.2. The zero-order valence-corrected chi connectivity index (χ0v) is 9.89. The lowest BCUT2D eigenvalue weighted by Crippen LogP contribution is -2.29. The first-order valence-corrected chi connectivity index (χ1v) is 5.72. The third kappa shape index (κ3) is 4.25. The number of hydrogen-bond acceptors (Lipinski definition) is 3. The molecule has 0 bridgehead atoms. The molecule has 0 fully saturated rings. The van der Waals surface area contributed by atoms with Crippen molar-refractivity contribution in [2.24, 2.45) is 5.92 Å². The molecule has 0 aliphatic carbocycles. The third-order valence-electron chi connectivity index (χ3n) is 2.49. The van der Waals surface area contributed by atoms with Gasteiger partial charge in [-0.1, -0.05) is 32.4 Å². The highest BCUT2D eigenvalue weighted by Gasteiger charge is 2.10. The van der Waals surface area contributed by atoms with Crippen molar-refractivity contribution in [2.75, 3.05) is 6.61 Å². The molecule has 1 atom stereocenters. The molecule has 3 nitrogen and oxygen atoms in total. The van der Waals surface area contributed by atoms with E-state index in [1.165, 1.54) is 6.42 Å². The van der Waals surface area contributed by atoms with Crippen molar-refractivity contribution < 1.29 is 14.8 Å². The number of ether oxygens (including phenoxy) is 1. The molecule has 0 saturated carbocycles. The molecule has 0 aromatic heterocycles. The second-order valence-corrected chi connectivity index (χ2v) is 4.15. The van der Waals surface area contributed by atoms with Gasteiger partial charge in [-0.25, -0.2) is 0 Å². The van der Waals surface area contributed by atoms with E-state index in [1.807, 2.05) is 0 Å². The van der Waals surface area contributed by atoms with Crippen LogP contribution in [0.15, 0.2) is 24.3 Å². The minimum Gasteiger partial charge on any atom is -0.493 e. The molecule has 0 heterocycles. The maximum absolute atomic E-state index is 8.92. The number of rotatable bonds is 6. The van der Waals surface area contributed by atoms with Crippen molar-refractivity contribution in [1.29, 1.82) is 0 Å². The Labute approximate surface area is 97.2 Å². The fraction of sp³-hybridized carbons (Fsp3) is 0.500. The molecule has 1 unspecified atom stereocenters. The summed E-state index contributed by atoms with van der Waals surface area (Å²) in [5.41, 5.74) is 0.481. The van der Waals surface area contributed by atoms with E-state index in [1.54, 1.807) is 24.3 Å². The van der Waals surface area contributed by atoms with Crippen LogP contribution < -0.4 is 10.2 Å². The Morgan fingerprint density at radius 1 is 1.25 bits per heavy atom. The molecule has 0 spiro atoms. The van der Waals surface area contributed by atoms with Crippen LogP contribution in [-0.2, 0) is 0 Å². The highest BCUT2D eigenvalue weighted by Crippen LogP contribution is 2.11.